The van der Waals surface area contributed by atoms with Gasteiger partial charge in [-0.25, -0.2) is 13.2 Å². The Kier molecular flexibility index (Phi) is 6.97. The van der Waals surface area contributed by atoms with E-state index in [1.807, 2.05) is 12.1 Å². The van der Waals surface area contributed by atoms with Crippen LogP contribution in [0.2, 0.25) is 0 Å². The van der Waals surface area contributed by atoms with Gasteiger partial charge in [0.15, 0.2) is 11.6 Å². The first-order valence-electron chi connectivity index (χ1n) is 9.71. The number of benzene rings is 2. The summed E-state index contributed by atoms with van der Waals surface area (Å²) in [5, 5.41) is 0. The smallest absolute Gasteiger partial charge is 0.161 e. The highest BCUT2D eigenvalue weighted by molar-refractivity contribution is 5.31. The lowest BCUT2D eigenvalue weighted by molar-refractivity contribution is 0.201. The summed E-state index contributed by atoms with van der Waals surface area (Å²) < 4.78 is 45.5. The van der Waals surface area contributed by atoms with Gasteiger partial charge in [-0.2, -0.15) is 0 Å². The highest BCUT2D eigenvalue weighted by Crippen LogP contribution is 2.29. The van der Waals surface area contributed by atoms with Crippen LogP contribution in [-0.4, -0.2) is 37.7 Å². The summed E-state index contributed by atoms with van der Waals surface area (Å²) in [6.07, 6.45) is 3.10. The summed E-state index contributed by atoms with van der Waals surface area (Å²) in [5.41, 5.74) is 7.54. The fraction of sp³-hybridized carbons (Fsp3) is 0.455. The average Bonchev–Trinajstić information content (AvgIpc) is 2.71. The van der Waals surface area contributed by atoms with Crippen molar-refractivity contribution in [1.29, 1.82) is 0 Å². The molecule has 1 aliphatic rings. The topological polar surface area (TPSA) is 38.5 Å². The fourth-order valence-corrected chi connectivity index (χ4v) is 3.88. The van der Waals surface area contributed by atoms with Gasteiger partial charge in [0, 0.05) is 18.7 Å². The maximum Gasteiger partial charge on any atom is 0.161 e. The van der Waals surface area contributed by atoms with Crippen LogP contribution >= 0.6 is 0 Å². The van der Waals surface area contributed by atoms with Crippen LogP contribution in [-0.2, 0) is 6.42 Å². The largest absolute Gasteiger partial charge is 0.497 e. The average molecular weight is 392 g/mol. The van der Waals surface area contributed by atoms with Gasteiger partial charge in [-0.3, -0.25) is 0 Å². The van der Waals surface area contributed by atoms with Crippen molar-refractivity contribution in [2.45, 2.75) is 37.6 Å². The van der Waals surface area contributed by atoms with Crippen molar-refractivity contribution in [3.05, 3.63) is 65.0 Å². The molecule has 1 aliphatic heterocycles. The van der Waals surface area contributed by atoms with Gasteiger partial charge in [0.2, 0.25) is 0 Å². The van der Waals surface area contributed by atoms with Gasteiger partial charge in [0.05, 0.1) is 7.11 Å². The molecular formula is C22H27F3N2O. The van der Waals surface area contributed by atoms with Crippen molar-refractivity contribution < 1.29 is 17.9 Å². The summed E-state index contributed by atoms with van der Waals surface area (Å²) >= 11 is 0. The molecule has 0 aliphatic carbocycles. The molecule has 3 rings (SSSR count). The zero-order chi connectivity index (χ0) is 20.1. The minimum atomic E-state index is -1.17. The van der Waals surface area contributed by atoms with Gasteiger partial charge >= 0.3 is 0 Å². The van der Waals surface area contributed by atoms with Crippen LogP contribution < -0.4 is 10.5 Å². The molecule has 6 heteroatoms. The summed E-state index contributed by atoms with van der Waals surface area (Å²) in [6, 6.07) is 9.36. The van der Waals surface area contributed by atoms with Gasteiger partial charge in [-0.1, -0.05) is 12.1 Å². The number of piperidine rings is 1. The Morgan fingerprint density at radius 2 is 1.93 bits per heavy atom. The van der Waals surface area contributed by atoms with Crippen molar-refractivity contribution in [3.8, 4) is 5.75 Å². The van der Waals surface area contributed by atoms with Crippen LogP contribution in [0.5, 0.6) is 5.75 Å². The first-order valence-corrected chi connectivity index (χ1v) is 9.71. The van der Waals surface area contributed by atoms with E-state index in [-0.39, 0.29) is 18.0 Å². The van der Waals surface area contributed by atoms with E-state index in [0.717, 1.165) is 44.3 Å². The molecular weight excluding hydrogens is 365 g/mol. The fourth-order valence-electron chi connectivity index (χ4n) is 3.88. The second kappa shape index (κ2) is 9.43. The molecule has 28 heavy (non-hydrogen) atoms. The molecule has 1 unspecified atom stereocenters. The number of nitrogens with zero attached hydrogens (tertiary/aromatic N) is 1. The van der Waals surface area contributed by atoms with Crippen LogP contribution in [0, 0.1) is 17.5 Å². The minimum absolute atomic E-state index is 0.124. The van der Waals surface area contributed by atoms with Gasteiger partial charge in [-0.15, -0.1) is 0 Å². The van der Waals surface area contributed by atoms with Crippen LogP contribution in [0.4, 0.5) is 13.2 Å². The first kappa shape index (κ1) is 20.7. The Labute approximate surface area is 164 Å². The highest BCUT2D eigenvalue weighted by atomic mass is 19.2. The van der Waals surface area contributed by atoms with E-state index in [1.165, 1.54) is 5.56 Å². The molecule has 1 fully saturated rings. The first-order chi connectivity index (χ1) is 13.5. The lowest BCUT2D eigenvalue weighted by Gasteiger charge is -2.33. The number of hydrogen-bond acceptors (Lipinski definition) is 3. The van der Waals surface area contributed by atoms with Crippen LogP contribution in [0.1, 0.15) is 36.3 Å². The van der Waals surface area contributed by atoms with Gasteiger partial charge in [0.25, 0.3) is 0 Å². The van der Waals surface area contributed by atoms with Gasteiger partial charge in [0.1, 0.15) is 11.6 Å². The van der Waals surface area contributed by atoms with Crippen molar-refractivity contribution in [2.24, 2.45) is 5.73 Å². The number of likely N-dealkylation sites (tertiary alicyclic amines) is 1. The molecule has 0 bridgehead atoms. The molecule has 2 atom stereocenters. The molecule has 0 radical (unpaired) electrons. The summed E-state index contributed by atoms with van der Waals surface area (Å²) in [7, 11) is 1.67. The zero-order valence-corrected chi connectivity index (χ0v) is 16.1. The Morgan fingerprint density at radius 3 is 2.71 bits per heavy atom. The zero-order valence-electron chi connectivity index (χ0n) is 16.1. The van der Waals surface area contributed by atoms with E-state index < -0.39 is 17.5 Å². The molecule has 2 aromatic rings. The van der Waals surface area contributed by atoms with Crippen LogP contribution in [0.3, 0.4) is 0 Å². The van der Waals surface area contributed by atoms with Crippen molar-refractivity contribution >= 4 is 0 Å². The van der Waals surface area contributed by atoms with Crippen molar-refractivity contribution in [2.75, 3.05) is 26.7 Å². The third-order valence-electron chi connectivity index (χ3n) is 5.46. The maximum absolute atomic E-state index is 13.8. The molecule has 152 valence electrons. The number of hydrogen-bond donors (Lipinski definition) is 1. The SMILES string of the molecule is COc1cccc(C2CCCN(CC[C@H](N)Cc3cc(F)c(F)cc3F)C2)c1. The normalized spacial score (nSPS) is 18.8. The van der Waals surface area contributed by atoms with E-state index in [9.17, 15) is 13.2 Å². The standard InChI is InChI=1S/C22H27F3N2O/c1-28-19-6-2-4-15(11-19)16-5-3-8-27(14-16)9-7-18(26)10-17-12-21(24)22(25)13-20(17)23/h2,4,6,11-13,16,18H,3,5,7-10,14,26H2,1H3/t16?,18-/m0/s1. The Hall–Kier alpha value is -2.05. The third-order valence-corrected chi connectivity index (χ3v) is 5.46. The van der Waals surface area contributed by atoms with Crippen LogP contribution in [0.15, 0.2) is 36.4 Å². The molecule has 1 saturated heterocycles. The summed E-state index contributed by atoms with van der Waals surface area (Å²) in [6.45, 7) is 2.75. The van der Waals surface area contributed by atoms with E-state index in [2.05, 4.69) is 17.0 Å². The van der Waals surface area contributed by atoms with E-state index >= 15 is 0 Å². The Morgan fingerprint density at radius 1 is 1.14 bits per heavy atom. The molecule has 0 aromatic heterocycles. The third kappa shape index (κ3) is 5.26. The number of nitrogens with two attached hydrogens (primary N) is 1. The molecule has 0 amide bonds. The lowest BCUT2D eigenvalue weighted by Crippen LogP contribution is -2.38. The minimum Gasteiger partial charge on any atom is -0.497 e. The Bertz CT molecular complexity index is 799. The molecule has 0 spiro atoms. The molecule has 1 heterocycles. The predicted molar refractivity (Wildman–Crippen MR) is 104 cm³/mol. The summed E-state index contributed by atoms with van der Waals surface area (Å²) in [4.78, 5) is 2.37. The molecule has 2 aromatic carbocycles. The number of ether oxygens (including phenoxy) is 1. The van der Waals surface area contributed by atoms with Crippen molar-refractivity contribution in [1.82, 2.24) is 4.90 Å². The summed E-state index contributed by atoms with van der Waals surface area (Å²) in [5.74, 6) is -1.65. The van der Waals surface area contributed by atoms with Gasteiger partial charge in [-0.05, 0) is 74.0 Å². The van der Waals surface area contributed by atoms with E-state index in [1.54, 1.807) is 7.11 Å². The maximum atomic E-state index is 13.8. The Balaban J connectivity index is 1.53. The van der Waals surface area contributed by atoms with E-state index in [4.69, 9.17) is 10.5 Å². The van der Waals surface area contributed by atoms with Crippen molar-refractivity contribution in [3.63, 3.8) is 0 Å². The van der Waals surface area contributed by atoms with Gasteiger partial charge < -0.3 is 15.4 Å². The molecule has 2 N–H and O–H groups in total. The number of rotatable bonds is 7. The predicted octanol–water partition coefficient (Wildman–Crippen LogP) is 4.25. The quantitative estimate of drug-likeness (QED) is 0.716. The number of methoxy groups -OCH3 is 1. The van der Waals surface area contributed by atoms with Crippen LogP contribution in [0.25, 0.3) is 0 Å². The van der Waals surface area contributed by atoms with E-state index in [0.29, 0.717) is 18.4 Å². The molecule has 3 nitrogen and oxygen atoms in total. The monoisotopic (exact) mass is 392 g/mol. The second-order valence-electron chi connectivity index (χ2n) is 7.53. The molecule has 0 saturated carbocycles. The lowest BCUT2D eigenvalue weighted by atomic mass is 9.90. The highest BCUT2D eigenvalue weighted by Gasteiger charge is 2.22. The second-order valence-corrected chi connectivity index (χ2v) is 7.53. The number of halogens is 3.